The number of nitro groups is 1. The van der Waals surface area contributed by atoms with E-state index in [2.05, 4.69) is 5.32 Å². The number of rotatable bonds is 6. The van der Waals surface area contributed by atoms with Crippen LogP contribution in [0.3, 0.4) is 0 Å². The van der Waals surface area contributed by atoms with Gasteiger partial charge in [-0.05, 0) is 58.2 Å². The monoisotopic (exact) mass is 536 g/mol. The third kappa shape index (κ3) is 6.02. The Kier molecular flexibility index (Phi) is 7.62. The Morgan fingerprint density at radius 1 is 1.13 bits per heavy atom. The van der Waals surface area contributed by atoms with Crippen molar-refractivity contribution in [2.24, 2.45) is 5.92 Å². The zero-order valence-corrected chi connectivity index (χ0v) is 22.3. The Morgan fingerprint density at radius 2 is 1.79 bits per heavy atom. The van der Waals surface area contributed by atoms with Gasteiger partial charge in [0, 0.05) is 54.0 Å². The second-order valence-electron chi connectivity index (χ2n) is 10.7. The molecule has 0 bridgehead atoms. The van der Waals surface area contributed by atoms with Gasteiger partial charge >= 0.3 is 12.1 Å². The van der Waals surface area contributed by atoms with E-state index in [0.29, 0.717) is 53.6 Å². The van der Waals surface area contributed by atoms with Crippen molar-refractivity contribution < 1.29 is 29.2 Å². The number of benzene rings is 2. The summed E-state index contributed by atoms with van der Waals surface area (Å²) < 4.78 is 7.19. The zero-order chi connectivity index (χ0) is 28.5. The quantitative estimate of drug-likeness (QED) is 0.342. The molecular formula is C28H32N4O7. The largest absolute Gasteiger partial charge is 0.479 e. The number of hydrogen-bond acceptors (Lipinski definition) is 6. The standard InChI is InChI=1S/C28H32N4O7/c1-17-15-19(32(37)38)9-10-22(17)31-16-21(20-7-5-6-8-23(20)31)24(26(34)35)29-25(33)18-11-13-30(14-12-18)27(36)39-28(2,3)4/h5-10,15-16,18,24H,11-14H2,1-4H3,(H,29,33)(H,34,35). The number of non-ortho nitro benzene ring substituents is 1. The van der Waals surface area contributed by atoms with Crippen LogP contribution in [0.4, 0.5) is 10.5 Å². The van der Waals surface area contributed by atoms with Gasteiger partial charge in [-0.1, -0.05) is 18.2 Å². The predicted octanol–water partition coefficient (Wildman–Crippen LogP) is 4.74. The minimum Gasteiger partial charge on any atom is -0.479 e. The number of hydrogen-bond donors (Lipinski definition) is 2. The molecule has 4 rings (SSSR count). The molecule has 1 saturated heterocycles. The van der Waals surface area contributed by atoms with Gasteiger partial charge in [0.2, 0.25) is 5.91 Å². The van der Waals surface area contributed by atoms with Gasteiger partial charge in [0.05, 0.1) is 10.4 Å². The van der Waals surface area contributed by atoms with Crippen molar-refractivity contribution in [1.82, 2.24) is 14.8 Å². The molecule has 1 unspecified atom stereocenters. The van der Waals surface area contributed by atoms with Gasteiger partial charge in [-0.25, -0.2) is 9.59 Å². The van der Waals surface area contributed by atoms with E-state index in [9.17, 15) is 29.6 Å². The van der Waals surface area contributed by atoms with Crippen LogP contribution < -0.4 is 5.32 Å². The molecule has 1 aromatic heterocycles. The molecule has 39 heavy (non-hydrogen) atoms. The van der Waals surface area contributed by atoms with Crippen LogP contribution >= 0.6 is 0 Å². The summed E-state index contributed by atoms with van der Waals surface area (Å²) in [5.41, 5.74) is 1.75. The normalized spacial score (nSPS) is 15.1. The molecule has 0 saturated carbocycles. The number of aromatic nitrogens is 1. The fourth-order valence-corrected chi connectivity index (χ4v) is 4.84. The number of carbonyl (C=O) groups excluding carboxylic acids is 2. The molecule has 206 valence electrons. The first-order valence-corrected chi connectivity index (χ1v) is 12.7. The minimum atomic E-state index is -1.31. The van der Waals surface area contributed by atoms with E-state index >= 15 is 0 Å². The number of nitrogens with one attached hydrogen (secondary N) is 1. The van der Waals surface area contributed by atoms with Crippen molar-refractivity contribution >= 4 is 34.6 Å². The highest BCUT2D eigenvalue weighted by Gasteiger charge is 2.33. The molecule has 1 atom stereocenters. The van der Waals surface area contributed by atoms with Crippen LogP contribution in [0.1, 0.15) is 50.8 Å². The highest BCUT2D eigenvalue weighted by atomic mass is 16.6. The molecule has 1 fully saturated rings. The van der Waals surface area contributed by atoms with Gasteiger partial charge in [0.1, 0.15) is 5.60 Å². The van der Waals surface area contributed by atoms with Crippen LogP contribution in [0, 0.1) is 23.0 Å². The maximum absolute atomic E-state index is 13.2. The number of aliphatic carboxylic acids is 1. The number of aryl methyl sites for hydroxylation is 1. The fraction of sp³-hybridized carbons (Fsp3) is 0.393. The number of nitrogens with zero attached hydrogens (tertiary/aromatic N) is 3. The van der Waals surface area contributed by atoms with Crippen molar-refractivity contribution in [2.45, 2.75) is 52.2 Å². The van der Waals surface area contributed by atoms with Crippen LogP contribution in [-0.2, 0) is 14.3 Å². The van der Waals surface area contributed by atoms with E-state index in [1.807, 2.05) is 12.1 Å². The van der Waals surface area contributed by atoms with Gasteiger partial charge in [0.15, 0.2) is 6.04 Å². The molecule has 0 spiro atoms. The number of para-hydroxylation sites is 1. The number of carboxylic acids is 1. The number of carboxylic acid groups (broad SMARTS) is 1. The third-order valence-corrected chi connectivity index (χ3v) is 6.76. The van der Waals surface area contributed by atoms with E-state index in [1.54, 1.807) is 61.6 Å². The van der Waals surface area contributed by atoms with Crippen molar-refractivity contribution in [3.05, 3.63) is 69.9 Å². The van der Waals surface area contributed by atoms with Gasteiger partial charge < -0.3 is 24.6 Å². The maximum Gasteiger partial charge on any atom is 0.410 e. The Labute approximate surface area is 225 Å². The van der Waals surface area contributed by atoms with Crippen LogP contribution in [-0.4, -0.2) is 56.2 Å². The van der Waals surface area contributed by atoms with Crippen LogP contribution in [0.25, 0.3) is 16.6 Å². The molecule has 2 heterocycles. The predicted molar refractivity (Wildman–Crippen MR) is 144 cm³/mol. The summed E-state index contributed by atoms with van der Waals surface area (Å²) in [5, 5.41) is 24.7. The smallest absolute Gasteiger partial charge is 0.410 e. The summed E-state index contributed by atoms with van der Waals surface area (Å²) in [7, 11) is 0. The maximum atomic E-state index is 13.2. The number of likely N-dealkylation sites (tertiary alicyclic amines) is 1. The lowest BCUT2D eigenvalue weighted by atomic mass is 9.95. The summed E-state index contributed by atoms with van der Waals surface area (Å²) in [5.74, 6) is -2.05. The summed E-state index contributed by atoms with van der Waals surface area (Å²) in [6, 6.07) is 10.4. The van der Waals surface area contributed by atoms with Gasteiger partial charge in [-0.15, -0.1) is 0 Å². The SMILES string of the molecule is Cc1cc([N+](=O)[O-])ccc1-n1cc(C(NC(=O)C2CCN(C(=O)OC(C)(C)C)CC2)C(=O)O)c2ccccc21. The Hall–Kier alpha value is -4.41. The molecule has 3 aromatic rings. The van der Waals surface area contributed by atoms with Gasteiger partial charge in [-0.2, -0.15) is 0 Å². The van der Waals surface area contributed by atoms with Crippen molar-refractivity contribution in [3.8, 4) is 5.69 Å². The average Bonchev–Trinajstić information content (AvgIpc) is 3.25. The lowest BCUT2D eigenvalue weighted by Crippen LogP contribution is -2.46. The zero-order valence-electron chi connectivity index (χ0n) is 22.3. The first-order valence-electron chi connectivity index (χ1n) is 12.7. The minimum absolute atomic E-state index is 0.0404. The first kappa shape index (κ1) is 27.6. The Balaban J connectivity index is 1.57. The molecule has 2 aromatic carbocycles. The van der Waals surface area contributed by atoms with Crippen LogP contribution in [0.15, 0.2) is 48.7 Å². The lowest BCUT2D eigenvalue weighted by Gasteiger charge is -2.33. The Bertz CT molecular complexity index is 1430. The molecule has 11 nitrogen and oxygen atoms in total. The molecule has 1 aliphatic rings. The second-order valence-corrected chi connectivity index (χ2v) is 10.7. The highest BCUT2D eigenvalue weighted by molar-refractivity contribution is 5.93. The van der Waals surface area contributed by atoms with E-state index in [0.717, 1.165) is 0 Å². The number of fused-ring (bicyclic) bond motifs is 1. The van der Waals surface area contributed by atoms with E-state index in [4.69, 9.17) is 4.74 Å². The fourth-order valence-electron chi connectivity index (χ4n) is 4.84. The van der Waals surface area contributed by atoms with Gasteiger partial charge in [0.25, 0.3) is 5.69 Å². The van der Waals surface area contributed by atoms with E-state index < -0.39 is 40.5 Å². The van der Waals surface area contributed by atoms with Crippen molar-refractivity contribution in [1.29, 1.82) is 0 Å². The molecule has 0 radical (unpaired) electrons. The molecular weight excluding hydrogens is 504 g/mol. The molecule has 1 aliphatic heterocycles. The highest BCUT2D eigenvalue weighted by Crippen LogP contribution is 2.32. The van der Waals surface area contributed by atoms with Crippen LogP contribution in [0.5, 0.6) is 0 Å². The number of ether oxygens (including phenoxy) is 1. The summed E-state index contributed by atoms with van der Waals surface area (Å²) in [6.45, 7) is 7.79. The molecule has 0 aliphatic carbocycles. The van der Waals surface area contributed by atoms with E-state index in [-0.39, 0.29) is 5.69 Å². The summed E-state index contributed by atoms with van der Waals surface area (Å²) in [6.07, 6.45) is 2.00. The van der Waals surface area contributed by atoms with Crippen LogP contribution in [0.2, 0.25) is 0 Å². The average molecular weight is 537 g/mol. The van der Waals surface area contributed by atoms with Crippen molar-refractivity contribution in [3.63, 3.8) is 0 Å². The van der Waals surface area contributed by atoms with E-state index in [1.165, 1.54) is 12.1 Å². The topological polar surface area (TPSA) is 144 Å². The number of carbonyl (C=O) groups is 3. The lowest BCUT2D eigenvalue weighted by molar-refractivity contribution is -0.384. The number of piperidine rings is 1. The molecule has 11 heteroatoms. The Morgan fingerprint density at radius 3 is 2.38 bits per heavy atom. The molecule has 2 amide bonds. The van der Waals surface area contributed by atoms with Crippen molar-refractivity contribution in [2.75, 3.05) is 13.1 Å². The molecule has 2 N–H and O–H groups in total. The summed E-state index contributed by atoms with van der Waals surface area (Å²) >= 11 is 0. The van der Waals surface area contributed by atoms with Gasteiger partial charge in [-0.3, -0.25) is 14.9 Å². The first-order chi connectivity index (χ1) is 18.4. The number of nitro benzene ring substituents is 1. The summed E-state index contributed by atoms with van der Waals surface area (Å²) in [4.78, 5) is 50.2. The second kappa shape index (κ2) is 10.8. The third-order valence-electron chi connectivity index (χ3n) is 6.76. The number of amides is 2.